The number of thiazole rings is 1. The molecule has 9 heteroatoms. The number of carbonyl (C=O) groups excluding carboxylic acids is 2. The number of rotatable bonds is 6. The fourth-order valence-electron chi connectivity index (χ4n) is 2.47. The van der Waals surface area contributed by atoms with Crippen molar-refractivity contribution in [2.75, 3.05) is 20.3 Å². The van der Waals surface area contributed by atoms with Crippen LogP contribution in [0.25, 0.3) is 10.2 Å². The van der Waals surface area contributed by atoms with Gasteiger partial charge in [0, 0.05) is 25.5 Å². The van der Waals surface area contributed by atoms with Gasteiger partial charge >= 0.3 is 5.97 Å². The minimum Gasteiger partial charge on any atom is -0.465 e. The standard InChI is InChI=1S/C18H18N4O4S/c1-3-26-9-8-22-14-5-4-12(17(24)25-2)10-15(14)27-18(22)21-16(23)13-11-19-6-7-20-13/h4-7,10-11H,3,8-9H2,1-2H3. The number of carbonyl (C=O) groups is 2. The quantitative estimate of drug-likeness (QED) is 0.475. The monoisotopic (exact) mass is 386 g/mol. The van der Waals surface area contributed by atoms with Crippen LogP contribution in [-0.2, 0) is 16.0 Å². The van der Waals surface area contributed by atoms with Crippen LogP contribution in [0.1, 0.15) is 27.8 Å². The van der Waals surface area contributed by atoms with Gasteiger partial charge in [-0.25, -0.2) is 9.78 Å². The molecule has 0 atom stereocenters. The molecular weight excluding hydrogens is 368 g/mol. The summed E-state index contributed by atoms with van der Waals surface area (Å²) < 4.78 is 12.9. The Kier molecular flexibility index (Phi) is 6.05. The second-order valence-corrected chi connectivity index (χ2v) is 6.42. The summed E-state index contributed by atoms with van der Waals surface area (Å²) in [6.07, 6.45) is 4.31. The van der Waals surface area contributed by atoms with E-state index >= 15 is 0 Å². The number of benzene rings is 1. The number of hydrogen-bond donors (Lipinski definition) is 0. The van der Waals surface area contributed by atoms with Crippen molar-refractivity contribution in [3.63, 3.8) is 0 Å². The van der Waals surface area contributed by atoms with Gasteiger partial charge in [0.25, 0.3) is 5.91 Å². The molecule has 8 nitrogen and oxygen atoms in total. The van der Waals surface area contributed by atoms with Crippen molar-refractivity contribution in [2.24, 2.45) is 4.99 Å². The fourth-order valence-corrected chi connectivity index (χ4v) is 3.57. The largest absolute Gasteiger partial charge is 0.465 e. The predicted molar refractivity (Wildman–Crippen MR) is 99.6 cm³/mol. The van der Waals surface area contributed by atoms with Crippen LogP contribution in [0.5, 0.6) is 0 Å². The highest BCUT2D eigenvalue weighted by atomic mass is 32.1. The molecule has 3 aromatic rings. The van der Waals surface area contributed by atoms with E-state index in [1.165, 1.54) is 37.0 Å². The molecule has 0 fully saturated rings. The lowest BCUT2D eigenvalue weighted by molar-refractivity contribution is 0.0600. The third-order valence-corrected chi connectivity index (χ3v) is 4.79. The molecule has 0 saturated carbocycles. The van der Waals surface area contributed by atoms with Gasteiger partial charge in [-0.05, 0) is 25.1 Å². The highest BCUT2D eigenvalue weighted by molar-refractivity contribution is 7.16. The number of nitrogens with zero attached hydrogens (tertiary/aromatic N) is 4. The average molecular weight is 386 g/mol. The predicted octanol–water partition coefficient (Wildman–Crippen LogP) is 2.06. The molecule has 1 amide bonds. The van der Waals surface area contributed by atoms with Crippen LogP contribution in [0.4, 0.5) is 0 Å². The maximum atomic E-state index is 12.4. The Morgan fingerprint density at radius 1 is 1.30 bits per heavy atom. The van der Waals surface area contributed by atoms with Gasteiger partial charge in [0.1, 0.15) is 5.69 Å². The second-order valence-electron chi connectivity index (χ2n) is 5.41. The Morgan fingerprint density at radius 3 is 2.85 bits per heavy atom. The zero-order valence-electron chi connectivity index (χ0n) is 14.9. The zero-order valence-corrected chi connectivity index (χ0v) is 15.7. The summed E-state index contributed by atoms with van der Waals surface area (Å²) in [6.45, 7) is 3.52. The van der Waals surface area contributed by atoms with Crippen LogP contribution in [0, 0.1) is 0 Å². The molecule has 0 bridgehead atoms. The van der Waals surface area contributed by atoms with Crippen LogP contribution >= 0.6 is 11.3 Å². The molecule has 27 heavy (non-hydrogen) atoms. The van der Waals surface area contributed by atoms with Crippen LogP contribution < -0.4 is 4.80 Å². The van der Waals surface area contributed by atoms with Gasteiger partial charge in [-0.3, -0.25) is 9.78 Å². The molecule has 0 aliphatic heterocycles. The van der Waals surface area contributed by atoms with Crippen LogP contribution in [0.3, 0.4) is 0 Å². The van der Waals surface area contributed by atoms with E-state index in [-0.39, 0.29) is 5.69 Å². The molecule has 0 N–H and O–H groups in total. The first-order chi connectivity index (χ1) is 13.1. The summed E-state index contributed by atoms with van der Waals surface area (Å²) in [5, 5.41) is 0. The molecule has 0 unspecified atom stereocenters. The van der Waals surface area contributed by atoms with Crippen molar-refractivity contribution in [1.82, 2.24) is 14.5 Å². The molecule has 2 heterocycles. The number of methoxy groups -OCH3 is 1. The van der Waals surface area contributed by atoms with Gasteiger partial charge in [-0.15, -0.1) is 0 Å². The van der Waals surface area contributed by atoms with Crippen LogP contribution in [-0.4, -0.2) is 46.7 Å². The van der Waals surface area contributed by atoms with Gasteiger partial charge in [0.15, 0.2) is 4.80 Å². The van der Waals surface area contributed by atoms with Gasteiger partial charge in [-0.1, -0.05) is 11.3 Å². The van der Waals surface area contributed by atoms with Crippen molar-refractivity contribution < 1.29 is 19.1 Å². The van der Waals surface area contributed by atoms with Crippen molar-refractivity contribution in [2.45, 2.75) is 13.5 Å². The topological polar surface area (TPSA) is 95.7 Å². The van der Waals surface area contributed by atoms with E-state index < -0.39 is 11.9 Å². The summed E-state index contributed by atoms with van der Waals surface area (Å²) in [4.78, 5) is 36.8. The summed E-state index contributed by atoms with van der Waals surface area (Å²) in [6, 6.07) is 5.23. The number of esters is 1. The average Bonchev–Trinajstić information content (AvgIpc) is 3.04. The Hall–Kier alpha value is -2.91. The van der Waals surface area contributed by atoms with E-state index in [1.807, 2.05) is 17.6 Å². The van der Waals surface area contributed by atoms with E-state index in [2.05, 4.69) is 15.0 Å². The summed E-state index contributed by atoms with van der Waals surface area (Å²) in [5.41, 5.74) is 1.47. The molecule has 0 radical (unpaired) electrons. The van der Waals surface area contributed by atoms with Crippen molar-refractivity contribution >= 4 is 33.4 Å². The van der Waals surface area contributed by atoms with Crippen LogP contribution in [0.2, 0.25) is 0 Å². The number of fused-ring (bicyclic) bond motifs is 1. The lowest BCUT2D eigenvalue weighted by atomic mass is 10.2. The summed E-state index contributed by atoms with van der Waals surface area (Å²) in [7, 11) is 1.34. The number of hydrogen-bond acceptors (Lipinski definition) is 7. The summed E-state index contributed by atoms with van der Waals surface area (Å²) >= 11 is 1.31. The Labute approximate surface area is 159 Å². The minimum absolute atomic E-state index is 0.168. The highest BCUT2D eigenvalue weighted by Gasteiger charge is 2.13. The number of ether oxygens (including phenoxy) is 2. The Bertz CT molecular complexity index is 1030. The molecule has 0 aliphatic carbocycles. The molecule has 140 valence electrons. The maximum Gasteiger partial charge on any atom is 0.337 e. The lowest BCUT2D eigenvalue weighted by Crippen LogP contribution is -2.20. The van der Waals surface area contributed by atoms with Gasteiger partial charge in [0.05, 0.1) is 35.7 Å². The smallest absolute Gasteiger partial charge is 0.337 e. The lowest BCUT2D eigenvalue weighted by Gasteiger charge is -2.06. The van der Waals surface area contributed by atoms with E-state index in [1.54, 1.807) is 12.1 Å². The minimum atomic E-state index is -0.479. The normalized spacial score (nSPS) is 11.7. The van der Waals surface area contributed by atoms with Gasteiger partial charge < -0.3 is 14.0 Å². The van der Waals surface area contributed by atoms with Crippen LogP contribution in [0.15, 0.2) is 41.8 Å². The van der Waals surface area contributed by atoms with E-state index in [0.29, 0.717) is 30.1 Å². The SMILES string of the molecule is CCOCCn1c(=NC(=O)c2cnccn2)sc2cc(C(=O)OC)ccc21. The van der Waals surface area contributed by atoms with Gasteiger partial charge in [-0.2, -0.15) is 4.99 Å². The number of aromatic nitrogens is 3. The second kappa shape index (κ2) is 8.65. The molecule has 0 spiro atoms. The maximum absolute atomic E-state index is 12.4. The molecule has 1 aromatic carbocycles. The number of amides is 1. The molecule has 0 saturated heterocycles. The first-order valence-corrected chi connectivity index (χ1v) is 9.10. The van der Waals surface area contributed by atoms with Crippen molar-refractivity contribution in [3.8, 4) is 0 Å². The third kappa shape index (κ3) is 4.26. The van der Waals surface area contributed by atoms with E-state index in [0.717, 1.165) is 10.2 Å². The van der Waals surface area contributed by atoms with E-state index in [9.17, 15) is 9.59 Å². The first kappa shape index (κ1) is 18.9. The Morgan fingerprint density at radius 2 is 2.15 bits per heavy atom. The van der Waals surface area contributed by atoms with Gasteiger partial charge in [0.2, 0.25) is 0 Å². The summed E-state index contributed by atoms with van der Waals surface area (Å²) in [5.74, 6) is -0.895. The van der Waals surface area contributed by atoms with Crippen molar-refractivity contribution in [1.29, 1.82) is 0 Å². The molecule has 3 rings (SSSR count). The fraction of sp³-hybridized carbons (Fsp3) is 0.278. The van der Waals surface area contributed by atoms with Crippen molar-refractivity contribution in [3.05, 3.63) is 52.8 Å². The third-order valence-electron chi connectivity index (χ3n) is 3.75. The molecule has 2 aromatic heterocycles. The van der Waals surface area contributed by atoms with E-state index in [4.69, 9.17) is 9.47 Å². The zero-order chi connectivity index (χ0) is 19.2. The first-order valence-electron chi connectivity index (χ1n) is 8.28. The highest BCUT2D eigenvalue weighted by Crippen LogP contribution is 2.20. The molecular formula is C18H18N4O4S. The molecule has 0 aliphatic rings. The Balaban J connectivity index is 2.08.